The average molecular weight is 427 g/mol. The first-order chi connectivity index (χ1) is 6.16. The van der Waals surface area contributed by atoms with Crippen LogP contribution >= 0.6 is 46.6 Å². The molecule has 0 saturated carbocycles. The Morgan fingerprint density at radius 2 is 1.93 bits per heavy atom. The van der Waals surface area contributed by atoms with Gasteiger partial charge < -0.3 is 15.3 Å². The van der Waals surface area contributed by atoms with Gasteiger partial charge in [0.05, 0.1) is 30.9 Å². The van der Waals surface area contributed by atoms with E-state index >= 15 is 0 Å². The fourth-order valence-electron chi connectivity index (χ4n) is 2.44. The zero-order valence-corrected chi connectivity index (χ0v) is 12.1. The second kappa shape index (κ2) is 5.09. The van der Waals surface area contributed by atoms with Crippen molar-refractivity contribution in [2.24, 2.45) is 0 Å². The van der Waals surface area contributed by atoms with E-state index in [4.69, 9.17) is 5.11 Å². The van der Waals surface area contributed by atoms with Crippen LogP contribution < -0.4 is 0 Å². The summed E-state index contributed by atoms with van der Waals surface area (Å²) in [4.78, 5) is 2.03. The fraction of sp³-hybridized carbons (Fsp3) is 1.00. The van der Waals surface area contributed by atoms with Crippen LogP contribution in [-0.4, -0.2) is 61.6 Å². The van der Waals surface area contributed by atoms with Crippen molar-refractivity contribution < 1.29 is 15.3 Å². The van der Waals surface area contributed by atoms with Crippen LogP contribution in [0.4, 0.5) is 0 Å². The summed E-state index contributed by atoms with van der Waals surface area (Å²) in [6.45, 7) is 0.801. The van der Waals surface area contributed by atoms with Crippen LogP contribution in [0, 0.1) is 0 Å². The Balaban J connectivity index is 0.000000980. The number of alkyl halides is 1. The number of halogens is 2. The minimum Gasteiger partial charge on any atom is -0.395 e. The summed E-state index contributed by atoms with van der Waals surface area (Å²) in [5.74, 6) is 0. The third-order valence-corrected chi connectivity index (χ3v) is 4.48. The van der Waals surface area contributed by atoms with Gasteiger partial charge in [-0.1, -0.05) is 22.6 Å². The standard InChI is InChI=1S/C8H14INO3.HI/c9-4-1-2-10-5(3-11)7(12)8(13)6(4)10;/h4-8,11-13H,1-3H2;1H/t4-,5+,6+,7+,8-;/m1./s1. The molecule has 5 atom stereocenters. The van der Waals surface area contributed by atoms with E-state index in [2.05, 4.69) is 22.6 Å². The molecule has 2 heterocycles. The van der Waals surface area contributed by atoms with Crippen LogP contribution in [0.25, 0.3) is 0 Å². The highest BCUT2D eigenvalue weighted by Gasteiger charge is 2.52. The lowest BCUT2D eigenvalue weighted by molar-refractivity contribution is 0.0161. The van der Waals surface area contributed by atoms with Crippen molar-refractivity contribution in [3.05, 3.63) is 0 Å². The number of fused-ring (bicyclic) bond motifs is 1. The van der Waals surface area contributed by atoms with Crippen LogP contribution in [0.1, 0.15) is 6.42 Å². The van der Waals surface area contributed by atoms with Crippen molar-refractivity contribution in [2.75, 3.05) is 13.2 Å². The van der Waals surface area contributed by atoms with Crippen LogP contribution in [0.3, 0.4) is 0 Å². The molecule has 0 aliphatic carbocycles. The number of hydrogen-bond donors (Lipinski definition) is 3. The lowest BCUT2D eigenvalue weighted by Crippen LogP contribution is -2.39. The maximum Gasteiger partial charge on any atom is 0.0992 e. The summed E-state index contributed by atoms with van der Waals surface area (Å²) in [6, 6.07) is -0.229. The van der Waals surface area contributed by atoms with Crippen molar-refractivity contribution in [2.45, 2.75) is 34.6 Å². The number of rotatable bonds is 1. The van der Waals surface area contributed by atoms with Crippen LogP contribution in [0.5, 0.6) is 0 Å². The van der Waals surface area contributed by atoms with Gasteiger partial charge in [-0.15, -0.1) is 24.0 Å². The summed E-state index contributed by atoms with van der Waals surface area (Å²) in [5, 5.41) is 28.4. The van der Waals surface area contributed by atoms with E-state index in [1.54, 1.807) is 0 Å². The predicted molar refractivity (Wildman–Crippen MR) is 71.2 cm³/mol. The summed E-state index contributed by atoms with van der Waals surface area (Å²) >= 11 is 2.31. The Morgan fingerprint density at radius 1 is 1.29 bits per heavy atom. The van der Waals surface area contributed by atoms with Crippen LogP contribution in [0.15, 0.2) is 0 Å². The molecule has 14 heavy (non-hydrogen) atoms. The van der Waals surface area contributed by atoms with Crippen molar-refractivity contribution in [3.63, 3.8) is 0 Å². The fourth-order valence-corrected chi connectivity index (χ4v) is 3.55. The largest absolute Gasteiger partial charge is 0.395 e. The second-order valence-electron chi connectivity index (χ2n) is 3.76. The highest BCUT2D eigenvalue weighted by molar-refractivity contribution is 14.1. The summed E-state index contributed by atoms with van der Waals surface area (Å²) in [5.41, 5.74) is 0. The van der Waals surface area contributed by atoms with Crippen LogP contribution in [-0.2, 0) is 0 Å². The highest BCUT2D eigenvalue weighted by Crippen LogP contribution is 2.36. The van der Waals surface area contributed by atoms with E-state index in [9.17, 15) is 10.2 Å². The topological polar surface area (TPSA) is 63.9 Å². The Bertz CT molecular complexity index is 207. The Kier molecular flexibility index (Phi) is 4.86. The molecule has 4 nitrogen and oxygen atoms in total. The zero-order valence-electron chi connectivity index (χ0n) is 7.58. The SMILES string of the molecule is I.OC[C@H]1[C@H](O)[C@H](O)[C@@H]2[C@H](I)CCN21. The molecule has 0 aromatic rings. The summed E-state index contributed by atoms with van der Waals surface area (Å²) < 4.78 is 0.388. The van der Waals surface area contributed by atoms with Crippen molar-refractivity contribution in [3.8, 4) is 0 Å². The predicted octanol–water partition coefficient (Wildman–Crippen LogP) is -0.421. The minimum atomic E-state index is -0.785. The van der Waals surface area contributed by atoms with Gasteiger partial charge in [0.2, 0.25) is 0 Å². The van der Waals surface area contributed by atoms with E-state index < -0.39 is 12.2 Å². The minimum absolute atomic E-state index is 0. The molecule has 0 amide bonds. The van der Waals surface area contributed by atoms with Gasteiger partial charge in [-0.25, -0.2) is 0 Å². The van der Waals surface area contributed by atoms with Crippen LogP contribution in [0.2, 0.25) is 0 Å². The average Bonchev–Trinajstić information content (AvgIpc) is 2.57. The first-order valence-electron chi connectivity index (χ1n) is 4.53. The van der Waals surface area contributed by atoms with E-state index in [1.165, 1.54) is 0 Å². The van der Waals surface area contributed by atoms with E-state index in [1.807, 2.05) is 4.90 Å². The maximum absolute atomic E-state index is 9.73. The van der Waals surface area contributed by atoms with Crippen molar-refractivity contribution in [1.29, 1.82) is 0 Å². The molecule has 84 valence electrons. The normalized spacial score (nSPS) is 47.6. The molecule has 0 bridgehead atoms. The molecule has 0 aromatic heterocycles. The molecule has 3 N–H and O–H groups in total. The molecule has 2 saturated heterocycles. The van der Waals surface area contributed by atoms with E-state index in [0.29, 0.717) is 3.92 Å². The van der Waals surface area contributed by atoms with Gasteiger partial charge in [-0.2, -0.15) is 0 Å². The molecule has 2 aliphatic heterocycles. The molecule has 2 rings (SSSR count). The van der Waals surface area contributed by atoms with Gasteiger partial charge in [0.25, 0.3) is 0 Å². The summed E-state index contributed by atoms with van der Waals surface area (Å²) in [6.07, 6.45) is -0.444. The van der Waals surface area contributed by atoms with E-state index in [0.717, 1.165) is 13.0 Å². The Labute approximate surface area is 114 Å². The smallest absolute Gasteiger partial charge is 0.0992 e. The van der Waals surface area contributed by atoms with Crippen molar-refractivity contribution in [1.82, 2.24) is 4.90 Å². The Hall–Kier alpha value is 1.30. The number of nitrogens with zero attached hydrogens (tertiary/aromatic N) is 1. The molecule has 0 aromatic carbocycles. The van der Waals surface area contributed by atoms with Gasteiger partial charge in [0, 0.05) is 10.5 Å². The first-order valence-corrected chi connectivity index (χ1v) is 5.78. The van der Waals surface area contributed by atoms with Gasteiger partial charge in [0.1, 0.15) is 0 Å². The van der Waals surface area contributed by atoms with Gasteiger partial charge in [-0.3, -0.25) is 4.90 Å². The monoisotopic (exact) mass is 427 g/mol. The Morgan fingerprint density at radius 3 is 2.50 bits per heavy atom. The number of aliphatic hydroxyl groups excluding tert-OH is 3. The lowest BCUT2D eigenvalue weighted by Gasteiger charge is -2.22. The van der Waals surface area contributed by atoms with Gasteiger partial charge in [0.15, 0.2) is 0 Å². The third-order valence-electron chi connectivity index (χ3n) is 3.12. The maximum atomic E-state index is 9.73. The summed E-state index contributed by atoms with van der Waals surface area (Å²) in [7, 11) is 0. The first kappa shape index (κ1) is 13.4. The molecule has 6 heteroatoms. The van der Waals surface area contributed by atoms with Gasteiger partial charge in [-0.05, 0) is 6.42 Å². The molecular formula is C8H15I2NO3. The highest BCUT2D eigenvalue weighted by atomic mass is 127. The number of hydrogen-bond acceptors (Lipinski definition) is 4. The van der Waals surface area contributed by atoms with Gasteiger partial charge >= 0.3 is 0 Å². The molecule has 2 fully saturated rings. The lowest BCUT2D eigenvalue weighted by atomic mass is 10.1. The molecular weight excluding hydrogens is 412 g/mol. The molecule has 0 radical (unpaired) electrons. The van der Waals surface area contributed by atoms with E-state index in [-0.39, 0.29) is 42.7 Å². The third kappa shape index (κ3) is 1.93. The number of aliphatic hydroxyl groups is 3. The van der Waals surface area contributed by atoms with Crippen molar-refractivity contribution >= 4 is 46.6 Å². The molecule has 2 aliphatic rings. The molecule has 0 unspecified atom stereocenters. The second-order valence-corrected chi connectivity index (χ2v) is 5.36. The molecule has 0 spiro atoms. The zero-order chi connectivity index (χ0) is 9.59. The quantitative estimate of drug-likeness (QED) is 0.393.